The van der Waals surface area contributed by atoms with E-state index in [1.807, 2.05) is 62.7 Å². The molecule has 136 valence electrons. The summed E-state index contributed by atoms with van der Waals surface area (Å²) in [6.07, 6.45) is 2.09. The second kappa shape index (κ2) is 8.30. The molecule has 1 aromatic heterocycles. The average Bonchev–Trinajstić information content (AvgIpc) is 2.88. The number of nitrogens with one attached hydrogen (secondary N) is 1. The van der Waals surface area contributed by atoms with E-state index >= 15 is 0 Å². The smallest absolute Gasteiger partial charge is 0.224 e. The second-order valence-electron chi connectivity index (χ2n) is 7.35. The molecule has 5 heteroatoms. The highest BCUT2D eigenvalue weighted by molar-refractivity contribution is 5.79. The molecule has 1 amide bonds. The Morgan fingerprint density at radius 3 is 2.56 bits per heavy atom. The molecule has 0 aliphatic heterocycles. The van der Waals surface area contributed by atoms with Gasteiger partial charge in [0.2, 0.25) is 5.91 Å². The fourth-order valence-electron chi connectivity index (χ4n) is 2.85. The lowest BCUT2D eigenvalue weighted by molar-refractivity contribution is -0.120. The molecule has 2 rings (SSSR count). The molecule has 0 aliphatic rings. The highest BCUT2D eigenvalue weighted by Crippen LogP contribution is 2.21. The second-order valence-corrected chi connectivity index (χ2v) is 7.35. The summed E-state index contributed by atoms with van der Waals surface area (Å²) >= 11 is 0. The lowest BCUT2D eigenvalue weighted by atomic mass is 9.89. The van der Waals surface area contributed by atoms with Gasteiger partial charge in [-0.05, 0) is 44.2 Å². The Morgan fingerprint density at radius 1 is 1.24 bits per heavy atom. The molecule has 0 saturated heterocycles. The first kappa shape index (κ1) is 19.2. The van der Waals surface area contributed by atoms with Crippen LogP contribution in [0.2, 0.25) is 0 Å². The summed E-state index contributed by atoms with van der Waals surface area (Å²) in [6.45, 7) is 8.79. The first-order valence-corrected chi connectivity index (χ1v) is 8.82. The predicted molar refractivity (Wildman–Crippen MR) is 99.9 cm³/mol. The summed E-state index contributed by atoms with van der Waals surface area (Å²) in [5, 5.41) is 16.8. The third kappa shape index (κ3) is 5.16. The van der Waals surface area contributed by atoms with Crippen molar-refractivity contribution in [3.8, 4) is 5.69 Å². The van der Waals surface area contributed by atoms with Crippen LogP contribution in [0.3, 0.4) is 0 Å². The van der Waals surface area contributed by atoms with Gasteiger partial charge < -0.3 is 10.4 Å². The standard InChI is InChI=1S/C20H29N3O2/c1-15-18(13-19(25)21-12-8-11-20(3,4)14-24)16(2)23(22-15)17-9-6-5-7-10-17/h5-7,9-10,24H,8,11-14H2,1-4H3,(H,21,25). The maximum Gasteiger partial charge on any atom is 0.224 e. The van der Waals surface area contributed by atoms with Crippen molar-refractivity contribution in [2.24, 2.45) is 5.41 Å². The number of hydrogen-bond acceptors (Lipinski definition) is 3. The number of nitrogens with zero attached hydrogens (tertiary/aromatic N) is 2. The fourth-order valence-corrected chi connectivity index (χ4v) is 2.85. The van der Waals surface area contributed by atoms with Crippen LogP contribution < -0.4 is 5.32 Å². The van der Waals surface area contributed by atoms with E-state index in [4.69, 9.17) is 0 Å². The molecular formula is C20H29N3O2. The van der Waals surface area contributed by atoms with Crippen molar-refractivity contribution >= 4 is 5.91 Å². The number of aromatic nitrogens is 2. The molecule has 0 bridgehead atoms. The quantitative estimate of drug-likeness (QED) is 0.724. The summed E-state index contributed by atoms with van der Waals surface area (Å²) in [5.41, 5.74) is 3.78. The molecule has 0 unspecified atom stereocenters. The molecule has 0 radical (unpaired) electrons. The zero-order valence-electron chi connectivity index (χ0n) is 15.7. The van der Waals surface area contributed by atoms with Crippen LogP contribution in [0.25, 0.3) is 5.69 Å². The van der Waals surface area contributed by atoms with E-state index in [0.717, 1.165) is 35.5 Å². The van der Waals surface area contributed by atoms with Crippen LogP contribution in [0.5, 0.6) is 0 Å². The highest BCUT2D eigenvalue weighted by Gasteiger charge is 2.17. The topological polar surface area (TPSA) is 67.2 Å². The number of carbonyl (C=O) groups is 1. The molecule has 0 aliphatic carbocycles. The SMILES string of the molecule is Cc1nn(-c2ccccc2)c(C)c1CC(=O)NCCCC(C)(C)CO. The zero-order chi connectivity index (χ0) is 18.4. The minimum absolute atomic E-state index is 0.0145. The number of amides is 1. The van der Waals surface area contributed by atoms with Crippen LogP contribution in [0.15, 0.2) is 30.3 Å². The number of benzene rings is 1. The lowest BCUT2D eigenvalue weighted by Gasteiger charge is -2.21. The van der Waals surface area contributed by atoms with Gasteiger partial charge in [0.25, 0.3) is 0 Å². The maximum absolute atomic E-state index is 12.3. The Balaban J connectivity index is 1.94. The molecular weight excluding hydrogens is 314 g/mol. The predicted octanol–water partition coefficient (Wildman–Crippen LogP) is 2.95. The van der Waals surface area contributed by atoms with Crippen LogP contribution in [0, 0.1) is 19.3 Å². The van der Waals surface area contributed by atoms with E-state index in [2.05, 4.69) is 10.4 Å². The van der Waals surface area contributed by atoms with Gasteiger partial charge in [0.05, 0.1) is 17.8 Å². The Morgan fingerprint density at radius 2 is 1.92 bits per heavy atom. The van der Waals surface area contributed by atoms with Crippen LogP contribution >= 0.6 is 0 Å². The summed E-state index contributed by atoms with van der Waals surface area (Å²) in [5.74, 6) is 0.0145. The number of carbonyl (C=O) groups excluding carboxylic acids is 1. The minimum atomic E-state index is -0.0886. The molecule has 2 aromatic rings. The van der Waals surface area contributed by atoms with Gasteiger partial charge in [0.15, 0.2) is 0 Å². The van der Waals surface area contributed by atoms with Crippen LogP contribution in [0.4, 0.5) is 0 Å². The molecule has 1 heterocycles. The Labute approximate surface area is 150 Å². The fraction of sp³-hybridized carbons (Fsp3) is 0.500. The normalized spacial score (nSPS) is 11.6. The average molecular weight is 343 g/mol. The van der Waals surface area contributed by atoms with Crippen molar-refractivity contribution in [1.82, 2.24) is 15.1 Å². The first-order valence-electron chi connectivity index (χ1n) is 8.82. The van der Waals surface area contributed by atoms with E-state index < -0.39 is 0 Å². The minimum Gasteiger partial charge on any atom is -0.396 e. The van der Waals surface area contributed by atoms with E-state index in [1.165, 1.54) is 0 Å². The van der Waals surface area contributed by atoms with Crippen molar-refractivity contribution in [3.63, 3.8) is 0 Å². The number of rotatable bonds is 8. The van der Waals surface area contributed by atoms with E-state index in [0.29, 0.717) is 13.0 Å². The van der Waals surface area contributed by atoms with E-state index in [-0.39, 0.29) is 17.9 Å². The highest BCUT2D eigenvalue weighted by atomic mass is 16.3. The first-order chi connectivity index (χ1) is 11.8. The molecule has 0 spiro atoms. The van der Waals surface area contributed by atoms with Gasteiger partial charge in [-0.2, -0.15) is 5.10 Å². The maximum atomic E-state index is 12.3. The molecule has 25 heavy (non-hydrogen) atoms. The number of aliphatic hydroxyl groups is 1. The molecule has 0 saturated carbocycles. The largest absolute Gasteiger partial charge is 0.396 e. The molecule has 0 fully saturated rings. The van der Waals surface area contributed by atoms with E-state index in [9.17, 15) is 9.90 Å². The van der Waals surface area contributed by atoms with Crippen molar-refractivity contribution in [1.29, 1.82) is 0 Å². The third-order valence-electron chi connectivity index (χ3n) is 4.56. The molecule has 1 aromatic carbocycles. The number of aryl methyl sites for hydroxylation is 1. The van der Waals surface area contributed by atoms with Gasteiger partial charge in [-0.1, -0.05) is 32.0 Å². The lowest BCUT2D eigenvalue weighted by Crippen LogP contribution is -2.28. The van der Waals surface area contributed by atoms with E-state index in [1.54, 1.807) is 0 Å². The van der Waals surface area contributed by atoms with Crippen molar-refractivity contribution in [2.45, 2.75) is 47.0 Å². The van der Waals surface area contributed by atoms with Gasteiger partial charge in [-0.25, -0.2) is 4.68 Å². The number of para-hydroxylation sites is 1. The summed E-state index contributed by atoms with van der Waals surface area (Å²) in [7, 11) is 0. The van der Waals surface area contributed by atoms with Crippen molar-refractivity contribution in [3.05, 3.63) is 47.3 Å². The number of aliphatic hydroxyl groups excluding tert-OH is 1. The van der Waals surface area contributed by atoms with Gasteiger partial charge in [0, 0.05) is 24.4 Å². The monoisotopic (exact) mass is 343 g/mol. The van der Waals surface area contributed by atoms with Crippen molar-refractivity contribution in [2.75, 3.05) is 13.2 Å². The molecule has 5 nitrogen and oxygen atoms in total. The Hall–Kier alpha value is -2.14. The summed E-state index contributed by atoms with van der Waals surface area (Å²) in [4.78, 5) is 12.3. The zero-order valence-corrected chi connectivity index (χ0v) is 15.7. The van der Waals surface area contributed by atoms with Gasteiger partial charge >= 0.3 is 0 Å². The number of hydrogen-bond donors (Lipinski definition) is 2. The Bertz CT molecular complexity index is 705. The summed E-state index contributed by atoms with van der Waals surface area (Å²) < 4.78 is 1.89. The van der Waals surface area contributed by atoms with Crippen LogP contribution in [0.1, 0.15) is 43.6 Å². The van der Waals surface area contributed by atoms with Gasteiger partial charge in [-0.3, -0.25) is 4.79 Å². The molecule has 0 atom stereocenters. The third-order valence-corrected chi connectivity index (χ3v) is 4.56. The van der Waals surface area contributed by atoms with Crippen LogP contribution in [-0.4, -0.2) is 33.9 Å². The van der Waals surface area contributed by atoms with Gasteiger partial charge in [-0.15, -0.1) is 0 Å². The van der Waals surface area contributed by atoms with Crippen molar-refractivity contribution < 1.29 is 9.90 Å². The van der Waals surface area contributed by atoms with Gasteiger partial charge in [0.1, 0.15) is 0 Å². The Kier molecular flexibility index (Phi) is 6.37. The van der Waals surface area contributed by atoms with Crippen LogP contribution in [-0.2, 0) is 11.2 Å². The molecule has 2 N–H and O–H groups in total. The summed E-state index contributed by atoms with van der Waals surface area (Å²) in [6, 6.07) is 9.94.